The Balaban J connectivity index is 2.08. The average Bonchev–Trinajstić information content (AvgIpc) is 2.85. The Morgan fingerprint density at radius 1 is 1.35 bits per heavy atom. The van der Waals surface area contributed by atoms with Gasteiger partial charge in [-0.15, -0.1) is 0 Å². The van der Waals surface area contributed by atoms with E-state index in [-0.39, 0.29) is 12.4 Å². The summed E-state index contributed by atoms with van der Waals surface area (Å²) < 4.78 is 13.8. The maximum Gasteiger partial charge on any atom is 0.126 e. The van der Waals surface area contributed by atoms with Gasteiger partial charge >= 0.3 is 0 Å². The van der Waals surface area contributed by atoms with Gasteiger partial charge in [0.2, 0.25) is 0 Å². The van der Waals surface area contributed by atoms with Crippen LogP contribution in [0.5, 0.6) is 0 Å². The van der Waals surface area contributed by atoms with Crippen LogP contribution in [0.15, 0.2) is 18.2 Å². The third-order valence-corrected chi connectivity index (χ3v) is 4.49. The van der Waals surface area contributed by atoms with E-state index in [1.54, 1.807) is 6.07 Å². The van der Waals surface area contributed by atoms with Gasteiger partial charge in [-0.2, -0.15) is 0 Å². The first-order valence-electron chi connectivity index (χ1n) is 7.53. The SMILES string of the molecule is CCN(CC)CCNC1(CO)CCc2c(F)cccc21. The lowest BCUT2D eigenvalue weighted by molar-refractivity contribution is 0.154. The van der Waals surface area contributed by atoms with Crippen LogP contribution in [0.4, 0.5) is 4.39 Å². The Kier molecular flexibility index (Phi) is 5.13. The molecular weight excluding hydrogens is 255 g/mol. The van der Waals surface area contributed by atoms with E-state index in [4.69, 9.17) is 0 Å². The van der Waals surface area contributed by atoms with Crippen LogP contribution in [0.2, 0.25) is 0 Å². The van der Waals surface area contributed by atoms with E-state index >= 15 is 0 Å². The summed E-state index contributed by atoms with van der Waals surface area (Å²) in [4.78, 5) is 2.33. The van der Waals surface area contributed by atoms with E-state index in [0.29, 0.717) is 6.42 Å². The van der Waals surface area contributed by atoms with Crippen molar-refractivity contribution in [1.82, 2.24) is 10.2 Å². The summed E-state index contributed by atoms with van der Waals surface area (Å²) in [5.74, 6) is -0.150. The molecule has 1 aromatic rings. The number of benzene rings is 1. The molecule has 3 nitrogen and oxygen atoms in total. The van der Waals surface area contributed by atoms with Crippen LogP contribution >= 0.6 is 0 Å². The van der Waals surface area contributed by atoms with E-state index in [9.17, 15) is 9.50 Å². The first-order chi connectivity index (χ1) is 9.66. The predicted octanol–water partition coefficient (Wildman–Crippen LogP) is 1.89. The fourth-order valence-corrected chi connectivity index (χ4v) is 3.13. The number of rotatable bonds is 7. The fraction of sp³-hybridized carbons (Fsp3) is 0.625. The monoisotopic (exact) mass is 280 g/mol. The van der Waals surface area contributed by atoms with Crippen molar-refractivity contribution in [2.75, 3.05) is 32.8 Å². The number of halogens is 1. The van der Waals surface area contributed by atoms with Gasteiger partial charge in [-0.3, -0.25) is 0 Å². The molecule has 1 aromatic carbocycles. The molecule has 2 N–H and O–H groups in total. The number of aliphatic hydroxyl groups is 1. The molecule has 20 heavy (non-hydrogen) atoms. The van der Waals surface area contributed by atoms with Gasteiger partial charge in [0.05, 0.1) is 12.1 Å². The third kappa shape index (κ3) is 2.87. The van der Waals surface area contributed by atoms with Crippen LogP contribution in [0.25, 0.3) is 0 Å². The number of likely N-dealkylation sites (N-methyl/N-ethyl adjacent to an activating group) is 1. The normalized spacial score (nSPS) is 21.4. The highest BCUT2D eigenvalue weighted by atomic mass is 19.1. The zero-order valence-electron chi connectivity index (χ0n) is 12.5. The van der Waals surface area contributed by atoms with E-state index < -0.39 is 5.54 Å². The van der Waals surface area contributed by atoms with Crippen molar-refractivity contribution < 1.29 is 9.50 Å². The van der Waals surface area contributed by atoms with Crippen molar-refractivity contribution >= 4 is 0 Å². The Labute approximate surface area is 120 Å². The summed E-state index contributed by atoms with van der Waals surface area (Å²) in [6.45, 7) is 8.10. The second-order valence-electron chi connectivity index (χ2n) is 5.46. The van der Waals surface area contributed by atoms with Crippen molar-refractivity contribution in [2.45, 2.75) is 32.2 Å². The molecule has 0 saturated carbocycles. The zero-order valence-corrected chi connectivity index (χ0v) is 12.5. The summed E-state index contributed by atoms with van der Waals surface area (Å²) in [6, 6.07) is 5.17. The predicted molar refractivity (Wildman–Crippen MR) is 79.3 cm³/mol. The summed E-state index contributed by atoms with van der Waals surface area (Å²) in [7, 11) is 0. The number of nitrogens with one attached hydrogen (secondary N) is 1. The minimum Gasteiger partial charge on any atom is -0.394 e. The lowest BCUT2D eigenvalue weighted by Crippen LogP contribution is -2.47. The third-order valence-electron chi connectivity index (χ3n) is 4.49. The van der Waals surface area contributed by atoms with Gasteiger partial charge in [0.25, 0.3) is 0 Å². The largest absolute Gasteiger partial charge is 0.394 e. The molecule has 1 atom stereocenters. The van der Waals surface area contributed by atoms with Gasteiger partial charge in [0, 0.05) is 13.1 Å². The molecule has 0 aromatic heterocycles. The highest BCUT2D eigenvalue weighted by Crippen LogP contribution is 2.37. The van der Waals surface area contributed by atoms with Crippen LogP contribution in [0, 0.1) is 5.82 Å². The molecule has 0 fully saturated rings. The van der Waals surface area contributed by atoms with Gasteiger partial charge in [-0.25, -0.2) is 4.39 Å². The van der Waals surface area contributed by atoms with Gasteiger partial charge in [0.1, 0.15) is 5.82 Å². The molecule has 0 radical (unpaired) electrons. The van der Waals surface area contributed by atoms with Gasteiger partial charge < -0.3 is 15.3 Å². The highest BCUT2D eigenvalue weighted by molar-refractivity contribution is 5.39. The number of fused-ring (bicyclic) bond motifs is 1. The quantitative estimate of drug-likeness (QED) is 0.800. The number of aliphatic hydroxyl groups excluding tert-OH is 1. The van der Waals surface area contributed by atoms with Crippen molar-refractivity contribution in [1.29, 1.82) is 0 Å². The minimum atomic E-state index is -0.468. The van der Waals surface area contributed by atoms with Gasteiger partial charge in [0.15, 0.2) is 0 Å². The molecule has 1 unspecified atom stereocenters. The lowest BCUT2D eigenvalue weighted by Gasteiger charge is -2.31. The van der Waals surface area contributed by atoms with Crippen molar-refractivity contribution in [3.8, 4) is 0 Å². The number of hydrogen-bond donors (Lipinski definition) is 2. The first kappa shape index (κ1) is 15.4. The molecule has 4 heteroatoms. The molecule has 0 saturated heterocycles. The smallest absolute Gasteiger partial charge is 0.126 e. The van der Waals surface area contributed by atoms with Crippen LogP contribution in [-0.2, 0) is 12.0 Å². The molecular formula is C16H25FN2O. The van der Waals surface area contributed by atoms with Gasteiger partial charge in [-0.05, 0) is 43.1 Å². The Bertz CT molecular complexity index is 448. The summed E-state index contributed by atoms with van der Waals surface area (Å²) in [6.07, 6.45) is 1.46. The molecule has 0 spiro atoms. The lowest BCUT2D eigenvalue weighted by atomic mass is 9.92. The van der Waals surface area contributed by atoms with E-state index in [0.717, 1.165) is 43.7 Å². The molecule has 2 rings (SSSR count). The molecule has 0 bridgehead atoms. The molecule has 0 heterocycles. The van der Waals surface area contributed by atoms with E-state index in [1.165, 1.54) is 6.07 Å². The van der Waals surface area contributed by atoms with Crippen LogP contribution < -0.4 is 5.32 Å². The highest BCUT2D eigenvalue weighted by Gasteiger charge is 2.38. The molecule has 0 amide bonds. The maximum atomic E-state index is 13.8. The molecule has 112 valence electrons. The zero-order chi connectivity index (χ0) is 14.6. The van der Waals surface area contributed by atoms with Crippen LogP contribution in [0.1, 0.15) is 31.4 Å². The maximum absolute atomic E-state index is 13.8. The summed E-state index contributed by atoms with van der Waals surface area (Å²) in [5, 5.41) is 13.3. The number of hydrogen-bond acceptors (Lipinski definition) is 3. The Morgan fingerprint density at radius 3 is 2.75 bits per heavy atom. The van der Waals surface area contributed by atoms with Crippen molar-refractivity contribution in [3.63, 3.8) is 0 Å². The van der Waals surface area contributed by atoms with E-state index in [1.807, 2.05) is 6.07 Å². The van der Waals surface area contributed by atoms with Crippen molar-refractivity contribution in [3.05, 3.63) is 35.1 Å². The fourth-order valence-electron chi connectivity index (χ4n) is 3.13. The minimum absolute atomic E-state index is 0.0156. The van der Waals surface area contributed by atoms with Crippen molar-refractivity contribution in [2.24, 2.45) is 0 Å². The Morgan fingerprint density at radius 2 is 2.10 bits per heavy atom. The van der Waals surface area contributed by atoms with Crippen LogP contribution in [-0.4, -0.2) is 42.8 Å². The standard InChI is InChI=1S/C16H25FN2O/c1-3-19(4-2)11-10-18-16(12-20)9-8-13-14(16)6-5-7-15(13)17/h5-7,18,20H,3-4,8-12H2,1-2H3. The van der Waals surface area contributed by atoms with E-state index in [2.05, 4.69) is 24.1 Å². The second-order valence-corrected chi connectivity index (χ2v) is 5.46. The summed E-state index contributed by atoms with van der Waals surface area (Å²) >= 11 is 0. The first-order valence-corrected chi connectivity index (χ1v) is 7.53. The molecule has 1 aliphatic rings. The second kappa shape index (κ2) is 6.66. The summed E-state index contributed by atoms with van der Waals surface area (Å²) in [5.41, 5.74) is 1.22. The van der Waals surface area contributed by atoms with Crippen LogP contribution in [0.3, 0.4) is 0 Å². The Hall–Kier alpha value is -0.970. The average molecular weight is 280 g/mol. The molecule has 0 aliphatic heterocycles. The topological polar surface area (TPSA) is 35.5 Å². The molecule has 1 aliphatic carbocycles. The number of nitrogens with zero attached hydrogens (tertiary/aromatic N) is 1. The van der Waals surface area contributed by atoms with Gasteiger partial charge in [-0.1, -0.05) is 26.0 Å².